The molecule has 0 saturated carbocycles. The molecule has 3 heteroatoms. The van der Waals surface area contributed by atoms with Gasteiger partial charge < -0.3 is 4.57 Å². The van der Waals surface area contributed by atoms with E-state index in [4.69, 9.17) is 23.2 Å². The third kappa shape index (κ3) is 2.49. The molecule has 0 fully saturated rings. The Morgan fingerprint density at radius 1 is 0.947 bits per heavy atom. The van der Waals surface area contributed by atoms with Gasteiger partial charge in [0, 0.05) is 18.3 Å². The summed E-state index contributed by atoms with van der Waals surface area (Å²) in [6.07, 6.45) is 2.10. The molecular formula is C16H13Cl2N. The van der Waals surface area contributed by atoms with Crippen LogP contribution in [0.3, 0.4) is 0 Å². The van der Waals surface area contributed by atoms with Crippen LogP contribution in [0, 0.1) is 6.92 Å². The molecule has 0 radical (unpaired) electrons. The monoisotopic (exact) mass is 289 g/mol. The van der Waals surface area contributed by atoms with E-state index < -0.39 is 0 Å². The molecule has 0 aliphatic carbocycles. The molecule has 96 valence electrons. The second kappa shape index (κ2) is 4.92. The molecule has 0 aliphatic rings. The van der Waals surface area contributed by atoms with Crippen molar-refractivity contribution in [3.63, 3.8) is 0 Å². The average Bonchev–Trinajstić information content (AvgIpc) is 2.77. The highest BCUT2D eigenvalue weighted by atomic mass is 35.5. The fourth-order valence-corrected chi connectivity index (χ4v) is 2.59. The molecule has 0 bridgehead atoms. The zero-order valence-electron chi connectivity index (χ0n) is 10.5. The van der Waals surface area contributed by atoms with Crippen LogP contribution in [0.15, 0.2) is 48.7 Å². The molecule has 3 rings (SSSR count). The van der Waals surface area contributed by atoms with Gasteiger partial charge in [0.2, 0.25) is 0 Å². The molecule has 1 nitrogen and oxygen atoms in total. The van der Waals surface area contributed by atoms with Crippen LogP contribution < -0.4 is 0 Å². The van der Waals surface area contributed by atoms with E-state index in [0.717, 1.165) is 12.1 Å². The third-order valence-corrected chi connectivity index (χ3v) is 4.01. The van der Waals surface area contributed by atoms with Gasteiger partial charge in [-0.25, -0.2) is 0 Å². The Balaban J connectivity index is 2.00. The van der Waals surface area contributed by atoms with Crippen molar-refractivity contribution in [2.24, 2.45) is 0 Å². The second-order valence-electron chi connectivity index (χ2n) is 4.75. The maximum atomic E-state index is 6.06. The first-order valence-electron chi connectivity index (χ1n) is 6.13. The summed E-state index contributed by atoms with van der Waals surface area (Å²) in [6.45, 7) is 2.90. The van der Waals surface area contributed by atoms with Crippen molar-refractivity contribution < 1.29 is 0 Å². The van der Waals surface area contributed by atoms with Gasteiger partial charge in [-0.1, -0.05) is 41.4 Å². The van der Waals surface area contributed by atoms with Crippen molar-refractivity contribution in [1.29, 1.82) is 0 Å². The fraction of sp³-hybridized carbons (Fsp3) is 0.125. The number of halogens is 2. The standard InChI is InChI=1S/C16H13Cl2N/c1-11-2-4-13-6-7-19(16(13)8-11)10-12-3-5-14(17)15(18)9-12/h2-9H,10H2,1H3. The Labute approximate surface area is 122 Å². The molecule has 0 N–H and O–H groups in total. The van der Waals surface area contributed by atoms with Gasteiger partial charge in [0.15, 0.2) is 0 Å². The SMILES string of the molecule is Cc1ccc2ccn(Cc3ccc(Cl)c(Cl)c3)c2c1. The van der Waals surface area contributed by atoms with Crippen molar-refractivity contribution in [1.82, 2.24) is 4.57 Å². The molecular weight excluding hydrogens is 277 g/mol. The lowest BCUT2D eigenvalue weighted by molar-refractivity contribution is 0.836. The molecule has 0 unspecified atom stereocenters. The summed E-state index contributed by atoms with van der Waals surface area (Å²) in [4.78, 5) is 0. The highest BCUT2D eigenvalue weighted by molar-refractivity contribution is 6.42. The van der Waals surface area contributed by atoms with Gasteiger partial charge in [-0.3, -0.25) is 0 Å². The average molecular weight is 290 g/mol. The minimum absolute atomic E-state index is 0.596. The molecule has 0 spiro atoms. The van der Waals surface area contributed by atoms with Crippen molar-refractivity contribution in [2.75, 3.05) is 0 Å². The molecule has 19 heavy (non-hydrogen) atoms. The molecule has 2 aromatic carbocycles. The van der Waals surface area contributed by atoms with E-state index in [-0.39, 0.29) is 0 Å². The minimum Gasteiger partial charge on any atom is -0.343 e. The third-order valence-electron chi connectivity index (χ3n) is 3.27. The first-order chi connectivity index (χ1) is 9.13. The van der Waals surface area contributed by atoms with Gasteiger partial charge >= 0.3 is 0 Å². The lowest BCUT2D eigenvalue weighted by Gasteiger charge is -2.07. The first kappa shape index (κ1) is 12.6. The maximum Gasteiger partial charge on any atom is 0.0595 e. The first-order valence-corrected chi connectivity index (χ1v) is 6.88. The Morgan fingerprint density at radius 3 is 2.58 bits per heavy atom. The van der Waals surface area contributed by atoms with Crippen LogP contribution >= 0.6 is 23.2 Å². The summed E-state index contributed by atoms with van der Waals surface area (Å²) in [5, 5.41) is 2.45. The molecule has 0 amide bonds. The van der Waals surface area contributed by atoms with Crippen molar-refractivity contribution in [3.05, 3.63) is 69.8 Å². The number of benzene rings is 2. The summed E-state index contributed by atoms with van der Waals surface area (Å²) in [7, 11) is 0. The zero-order chi connectivity index (χ0) is 13.4. The molecule has 0 saturated heterocycles. The highest BCUT2D eigenvalue weighted by Crippen LogP contribution is 2.24. The Morgan fingerprint density at radius 2 is 1.79 bits per heavy atom. The van der Waals surface area contributed by atoms with Crippen molar-refractivity contribution in [2.45, 2.75) is 13.5 Å². The summed E-state index contributed by atoms with van der Waals surface area (Å²) in [5.41, 5.74) is 3.65. The quantitative estimate of drug-likeness (QED) is 0.603. The van der Waals surface area contributed by atoms with Gasteiger partial charge in [-0.15, -0.1) is 0 Å². The predicted molar refractivity (Wildman–Crippen MR) is 82.2 cm³/mol. The molecule has 0 aliphatic heterocycles. The predicted octanol–water partition coefficient (Wildman–Crippen LogP) is 5.30. The largest absolute Gasteiger partial charge is 0.343 e. The summed E-state index contributed by atoms with van der Waals surface area (Å²) in [6, 6.07) is 14.4. The summed E-state index contributed by atoms with van der Waals surface area (Å²) >= 11 is 12.0. The van der Waals surface area contributed by atoms with Gasteiger partial charge in [-0.2, -0.15) is 0 Å². The van der Waals surface area contributed by atoms with Crippen LogP contribution in [0.25, 0.3) is 10.9 Å². The van der Waals surface area contributed by atoms with E-state index in [0.29, 0.717) is 10.0 Å². The number of nitrogens with zero attached hydrogens (tertiary/aromatic N) is 1. The van der Waals surface area contributed by atoms with E-state index in [1.807, 2.05) is 18.2 Å². The Bertz CT molecular complexity index is 744. The van der Waals surface area contributed by atoms with Gasteiger partial charge in [0.25, 0.3) is 0 Å². The van der Waals surface area contributed by atoms with E-state index in [1.165, 1.54) is 16.5 Å². The molecule has 1 aromatic heterocycles. The van der Waals surface area contributed by atoms with Crippen LogP contribution in [0.1, 0.15) is 11.1 Å². The lowest BCUT2D eigenvalue weighted by Crippen LogP contribution is -1.97. The van der Waals surface area contributed by atoms with E-state index in [9.17, 15) is 0 Å². The van der Waals surface area contributed by atoms with E-state index in [1.54, 1.807) is 0 Å². The molecule has 3 aromatic rings. The number of aromatic nitrogens is 1. The van der Waals surface area contributed by atoms with E-state index >= 15 is 0 Å². The van der Waals surface area contributed by atoms with Crippen molar-refractivity contribution >= 4 is 34.1 Å². The van der Waals surface area contributed by atoms with Crippen LogP contribution in [0.2, 0.25) is 10.0 Å². The smallest absolute Gasteiger partial charge is 0.0595 e. The summed E-state index contributed by atoms with van der Waals surface area (Å²) < 4.78 is 2.22. The van der Waals surface area contributed by atoms with Gasteiger partial charge in [-0.05, 0) is 47.7 Å². The van der Waals surface area contributed by atoms with Gasteiger partial charge in [0.05, 0.1) is 10.0 Å². The highest BCUT2D eigenvalue weighted by Gasteiger charge is 2.04. The number of hydrogen-bond acceptors (Lipinski definition) is 0. The van der Waals surface area contributed by atoms with Crippen LogP contribution in [-0.2, 0) is 6.54 Å². The Kier molecular flexibility index (Phi) is 3.26. The molecule has 1 heterocycles. The second-order valence-corrected chi connectivity index (χ2v) is 5.57. The fourth-order valence-electron chi connectivity index (χ4n) is 2.27. The topological polar surface area (TPSA) is 4.93 Å². The molecule has 0 atom stereocenters. The Hall–Kier alpha value is -1.44. The van der Waals surface area contributed by atoms with Crippen molar-refractivity contribution in [3.8, 4) is 0 Å². The zero-order valence-corrected chi connectivity index (χ0v) is 12.0. The maximum absolute atomic E-state index is 6.06. The van der Waals surface area contributed by atoms with Crippen LogP contribution in [0.5, 0.6) is 0 Å². The number of fused-ring (bicyclic) bond motifs is 1. The van der Waals surface area contributed by atoms with Crippen LogP contribution in [-0.4, -0.2) is 4.57 Å². The van der Waals surface area contributed by atoms with E-state index in [2.05, 4.69) is 42.0 Å². The number of rotatable bonds is 2. The number of hydrogen-bond donors (Lipinski definition) is 0. The lowest BCUT2D eigenvalue weighted by atomic mass is 10.2. The summed E-state index contributed by atoms with van der Waals surface area (Å²) in [5.74, 6) is 0. The normalized spacial score (nSPS) is 11.1. The van der Waals surface area contributed by atoms with Gasteiger partial charge in [0.1, 0.15) is 0 Å². The minimum atomic E-state index is 0.596. The number of aryl methyl sites for hydroxylation is 1. The van der Waals surface area contributed by atoms with Crippen LogP contribution in [0.4, 0.5) is 0 Å².